The van der Waals surface area contributed by atoms with Crippen LogP contribution < -0.4 is 10.1 Å². The number of amides is 1. The van der Waals surface area contributed by atoms with E-state index in [1.165, 1.54) is 6.26 Å². The number of para-hydroxylation sites is 1. The number of aromatic nitrogens is 1. The smallest absolute Gasteiger partial charge is 0.273 e. The van der Waals surface area contributed by atoms with Crippen molar-refractivity contribution < 1.29 is 18.7 Å². The van der Waals surface area contributed by atoms with E-state index in [-0.39, 0.29) is 11.9 Å². The molecule has 2 heterocycles. The Morgan fingerprint density at radius 2 is 1.97 bits per heavy atom. The number of benzene rings is 1. The molecule has 8 nitrogen and oxygen atoms in total. The molecular formula is C24H36N4O4. The third-order valence-corrected chi connectivity index (χ3v) is 6.05. The van der Waals surface area contributed by atoms with Gasteiger partial charge in [0.15, 0.2) is 5.69 Å². The van der Waals surface area contributed by atoms with Gasteiger partial charge in [-0.15, -0.1) is 0 Å². The Labute approximate surface area is 190 Å². The summed E-state index contributed by atoms with van der Waals surface area (Å²) in [5, 5.41) is 2.93. The number of hydrogen-bond donors (Lipinski definition) is 1. The number of carbonyl (C=O) groups is 1. The Bertz CT molecular complexity index is 848. The third kappa shape index (κ3) is 6.79. The van der Waals surface area contributed by atoms with E-state index in [0.29, 0.717) is 37.1 Å². The maximum absolute atomic E-state index is 12.5. The van der Waals surface area contributed by atoms with Crippen molar-refractivity contribution in [3.8, 4) is 5.75 Å². The van der Waals surface area contributed by atoms with E-state index in [1.54, 1.807) is 7.11 Å². The van der Waals surface area contributed by atoms with E-state index >= 15 is 0 Å². The molecule has 32 heavy (non-hydrogen) atoms. The molecule has 1 fully saturated rings. The number of ether oxygens (including phenoxy) is 2. The second-order valence-corrected chi connectivity index (χ2v) is 8.54. The van der Waals surface area contributed by atoms with Gasteiger partial charge in [0, 0.05) is 44.3 Å². The fraction of sp³-hybridized carbons (Fsp3) is 0.583. The van der Waals surface area contributed by atoms with Gasteiger partial charge in [-0.1, -0.05) is 32.0 Å². The maximum atomic E-state index is 12.5. The molecule has 0 aliphatic carbocycles. The van der Waals surface area contributed by atoms with Crippen molar-refractivity contribution in [2.45, 2.75) is 39.9 Å². The van der Waals surface area contributed by atoms with Gasteiger partial charge in [0.2, 0.25) is 5.89 Å². The first-order chi connectivity index (χ1) is 15.5. The third-order valence-electron chi connectivity index (χ3n) is 6.05. The van der Waals surface area contributed by atoms with Gasteiger partial charge in [-0.2, -0.15) is 0 Å². The van der Waals surface area contributed by atoms with Crippen LogP contribution in [-0.2, 0) is 17.8 Å². The first kappa shape index (κ1) is 24.2. The van der Waals surface area contributed by atoms with Gasteiger partial charge in [-0.25, -0.2) is 4.98 Å². The molecule has 3 rings (SSSR count). The second-order valence-electron chi connectivity index (χ2n) is 8.54. The normalized spacial score (nSPS) is 15.8. The number of nitrogens with zero attached hydrogens (tertiary/aromatic N) is 3. The lowest BCUT2D eigenvalue weighted by atomic mass is 10.0. The molecule has 176 valence electrons. The summed E-state index contributed by atoms with van der Waals surface area (Å²) in [6, 6.07) is 8.31. The van der Waals surface area contributed by atoms with Crippen molar-refractivity contribution in [2.24, 2.45) is 5.92 Å². The number of nitrogens with one attached hydrogen (secondary N) is 1. The number of morpholine rings is 1. The standard InChI is InChI=1S/C24H36N4O4/c1-18(2)19(3)28(15-20-7-5-6-8-22(20)30-4)16-23-26-21(17-32-23)24(29)25-9-10-27-11-13-31-14-12-27/h5-8,17-19H,9-16H2,1-4H3,(H,25,29)/t19-/m0/s1. The quantitative estimate of drug-likeness (QED) is 0.571. The van der Waals surface area contributed by atoms with E-state index in [1.807, 2.05) is 18.2 Å². The van der Waals surface area contributed by atoms with Crippen molar-refractivity contribution in [3.63, 3.8) is 0 Å². The van der Waals surface area contributed by atoms with Crippen LogP contribution in [0.1, 0.15) is 42.7 Å². The molecule has 2 aromatic rings. The van der Waals surface area contributed by atoms with Crippen molar-refractivity contribution in [1.29, 1.82) is 0 Å². The topological polar surface area (TPSA) is 80.1 Å². The van der Waals surface area contributed by atoms with Gasteiger partial charge in [-0.3, -0.25) is 14.6 Å². The summed E-state index contributed by atoms with van der Waals surface area (Å²) in [6.07, 6.45) is 1.45. The summed E-state index contributed by atoms with van der Waals surface area (Å²) in [7, 11) is 1.69. The second kappa shape index (κ2) is 12.0. The minimum atomic E-state index is -0.207. The van der Waals surface area contributed by atoms with Crippen LogP contribution in [0, 0.1) is 5.92 Å². The number of hydrogen-bond acceptors (Lipinski definition) is 7. The molecule has 1 amide bonds. The molecule has 1 aromatic carbocycles. The lowest BCUT2D eigenvalue weighted by molar-refractivity contribution is 0.0383. The average molecular weight is 445 g/mol. The van der Waals surface area contributed by atoms with Crippen molar-refractivity contribution in [3.05, 3.63) is 47.7 Å². The van der Waals surface area contributed by atoms with Crippen LogP contribution in [0.15, 0.2) is 34.9 Å². The van der Waals surface area contributed by atoms with Crippen LogP contribution in [0.25, 0.3) is 0 Å². The van der Waals surface area contributed by atoms with Crippen LogP contribution in [0.4, 0.5) is 0 Å². The molecule has 1 aliphatic rings. The van der Waals surface area contributed by atoms with Crippen LogP contribution >= 0.6 is 0 Å². The zero-order valence-corrected chi connectivity index (χ0v) is 19.7. The Morgan fingerprint density at radius 3 is 2.69 bits per heavy atom. The van der Waals surface area contributed by atoms with Crippen molar-refractivity contribution in [1.82, 2.24) is 20.1 Å². The van der Waals surface area contributed by atoms with Crippen molar-refractivity contribution >= 4 is 5.91 Å². The van der Waals surface area contributed by atoms with Crippen molar-refractivity contribution in [2.75, 3.05) is 46.5 Å². The highest BCUT2D eigenvalue weighted by molar-refractivity contribution is 5.91. The largest absolute Gasteiger partial charge is 0.496 e. The molecule has 1 atom stereocenters. The molecule has 8 heteroatoms. The molecule has 0 bridgehead atoms. The molecule has 0 saturated carbocycles. The SMILES string of the molecule is COc1ccccc1CN(Cc1nc(C(=O)NCCN2CCOCC2)co1)[C@@H](C)C(C)C. The van der Waals surface area contributed by atoms with Gasteiger partial charge in [0.1, 0.15) is 12.0 Å². The first-order valence-electron chi connectivity index (χ1n) is 11.4. The Balaban J connectivity index is 1.59. The van der Waals surface area contributed by atoms with Crippen LogP contribution in [0.3, 0.4) is 0 Å². The number of methoxy groups -OCH3 is 1. The molecule has 0 unspecified atom stereocenters. The van der Waals surface area contributed by atoms with Gasteiger partial charge in [0.25, 0.3) is 5.91 Å². The molecule has 1 N–H and O–H groups in total. The van der Waals surface area contributed by atoms with E-state index in [4.69, 9.17) is 13.9 Å². The highest BCUT2D eigenvalue weighted by atomic mass is 16.5. The first-order valence-corrected chi connectivity index (χ1v) is 11.4. The summed E-state index contributed by atoms with van der Waals surface area (Å²) in [5.74, 6) is 1.64. The van der Waals surface area contributed by atoms with Crippen LogP contribution in [0.2, 0.25) is 0 Å². The Morgan fingerprint density at radius 1 is 1.22 bits per heavy atom. The summed E-state index contributed by atoms with van der Waals surface area (Å²) in [5.41, 5.74) is 1.42. The minimum absolute atomic E-state index is 0.207. The number of oxazole rings is 1. The fourth-order valence-electron chi connectivity index (χ4n) is 3.72. The van der Waals surface area contributed by atoms with E-state index < -0.39 is 0 Å². The van der Waals surface area contributed by atoms with Crippen LogP contribution in [-0.4, -0.2) is 73.2 Å². The summed E-state index contributed by atoms with van der Waals surface area (Å²) < 4.78 is 16.5. The average Bonchev–Trinajstić information content (AvgIpc) is 3.28. The van der Waals surface area contributed by atoms with Gasteiger partial charge in [0.05, 0.1) is 26.9 Å². The zero-order valence-electron chi connectivity index (χ0n) is 19.7. The van der Waals surface area contributed by atoms with E-state index in [2.05, 4.69) is 46.9 Å². The van der Waals surface area contributed by atoms with E-state index in [9.17, 15) is 4.79 Å². The molecular weight excluding hydrogens is 408 g/mol. The number of rotatable bonds is 11. The zero-order chi connectivity index (χ0) is 22.9. The highest BCUT2D eigenvalue weighted by Crippen LogP contribution is 2.23. The number of carbonyl (C=O) groups excluding carboxylic acids is 1. The highest BCUT2D eigenvalue weighted by Gasteiger charge is 2.22. The molecule has 0 radical (unpaired) electrons. The molecule has 0 spiro atoms. The maximum Gasteiger partial charge on any atom is 0.273 e. The molecule has 1 aliphatic heterocycles. The van der Waals surface area contributed by atoms with Crippen LogP contribution in [0.5, 0.6) is 5.75 Å². The summed E-state index contributed by atoms with van der Waals surface area (Å²) >= 11 is 0. The van der Waals surface area contributed by atoms with Gasteiger partial charge < -0.3 is 19.2 Å². The molecule has 1 aromatic heterocycles. The van der Waals surface area contributed by atoms with Gasteiger partial charge in [-0.05, 0) is 18.9 Å². The molecule has 1 saturated heterocycles. The minimum Gasteiger partial charge on any atom is -0.496 e. The lowest BCUT2D eigenvalue weighted by Crippen LogP contribution is -2.41. The monoisotopic (exact) mass is 444 g/mol. The lowest BCUT2D eigenvalue weighted by Gasteiger charge is -2.31. The Hall–Kier alpha value is -2.42. The van der Waals surface area contributed by atoms with Gasteiger partial charge >= 0.3 is 0 Å². The Kier molecular flexibility index (Phi) is 9.08. The summed E-state index contributed by atoms with van der Waals surface area (Å²) in [4.78, 5) is 21.5. The predicted octanol–water partition coefficient (Wildman–Crippen LogP) is 2.79. The fourth-order valence-corrected chi connectivity index (χ4v) is 3.72. The summed E-state index contributed by atoms with van der Waals surface area (Å²) in [6.45, 7) is 12.5. The van der Waals surface area contributed by atoms with E-state index in [0.717, 1.165) is 44.2 Å². The predicted molar refractivity (Wildman–Crippen MR) is 123 cm³/mol.